The second-order valence-corrected chi connectivity index (χ2v) is 5.78. The highest BCUT2D eigenvalue weighted by atomic mass is 35.5. The Morgan fingerprint density at radius 2 is 2.21 bits per heavy atom. The second-order valence-electron chi connectivity index (χ2n) is 5.35. The summed E-state index contributed by atoms with van der Waals surface area (Å²) in [5, 5.41) is 3.65. The summed E-state index contributed by atoms with van der Waals surface area (Å²) in [5.74, 6) is -0.112. The van der Waals surface area contributed by atoms with Crippen molar-refractivity contribution in [2.24, 2.45) is 0 Å². The molecule has 2 aliphatic heterocycles. The fourth-order valence-corrected chi connectivity index (χ4v) is 3.39. The number of anilines is 1. The minimum Gasteiger partial charge on any atom is -0.398 e. The van der Waals surface area contributed by atoms with Gasteiger partial charge in [0.25, 0.3) is 5.91 Å². The third-order valence-corrected chi connectivity index (χ3v) is 4.42. The number of hydrogen-bond acceptors (Lipinski definition) is 3. The summed E-state index contributed by atoms with van der Waals surface area (Å²) in [6, 6.07) is 5.75. The number of nitrogens with zero attached hydrogens (tertiary/aromatic N) is 1. The zero-order valence-electron chi connectivity index (χ0n) is 10.7. The van der Waals surface area contributed by atoms with E-state index in [1.54, 1.807) is 18.2 Å². The van der Waals surface area contributed by atoms with E-state index in [2.05, 4.69) is 10.2 Å². The SMILES string of the molecule is Nc1ccc(Cl)cc1C(=O)NC1CCN2CCCC12. The standard InChI is InChI=1S/C14H18ClN3O/c15-9-3-4-11(16)10(8-9)14(19)17-12-5-7-18-6-1-2-13(12)18/h3-4,8,12-13H,1-2,5-7,16H2,(H,17,19). The molecule has 2 saturated heterocycles. The fraction of sp³-hybridized carbons (Fsp3) is 0.500. The number of rotatable bonds is 2. The molecule has 4 nitrogen and oxygen atoms in total. The van der Waals surface area contributed by atoms with Gasteiger partial charge in [-0.15, -0.1) is 0 Å². The third-order valence-electron chi connectivity index (χ3n) is 4.18. The van der Waals surface area contributed by atoms with Crippen molar-refractivity contribution in [3.63, 3.8) is 0 Å². The van der Waals surface area contributed by atoms with Crippen molar-refractivity contribution in [2.75, 3.05) is 18.8 Å². The molecule has 1 amide bonds. The van der Waals surface area contributed by atoms with Crippen LogP contribution >= 0.6 is 11.6 Å². The smallest absolute Gasteiger partial charge is 0.253 e. The maximum atomic E-state index is 12.3. The van der Waals surface area contributed by atoms with E-state index in [1.165, 1.54) is 12.8 Å². The van der Waals surface area contributed by atoms with Crippen molar-refractivity contribution in [2.45, 2.75) is 31.3 Å². The first-order chi connectivity index (χ1) is 9.15. The minimum atomic E-state index is -0.112. The molecule has 0 aromatic heterocycles. The number of halogens is 1. The van der Waals surface area contributed by atoms with Gasteiger partial charge in [-0.3, -0.25) is 9.69 Å². The molecule has 0 bridgehead atoms. The van der Waals surface area contributed by atoms with Crippen LogP contribution in [0.15, 0.2) is 18.2 Å². The molecule has 0 aliphatic carbocycles. The number of amides is 1. The maximum absolute atomic E-state index is 12.3. The Kier molecular flexibility index (Phi) is 3.37. The largest absolute Gasteiger partial charge is 0.398 e. The van der Waals surface area contributed by atoms with Crippen LogP contribution < -0.4 is 11.1 Å². The molecule has 2 unspecified atom stereocenters. The molecular formula is C14H18ClN3O. The monoisotopic (exact) mass is 279 g/mol. The van der Waals surface area contributed by atoms with E-state index in [0.29, 0.717) is 22.3 Å². The van der Waals surface area contributed by atoms with Crippen LogP contribution in [0.2, 0.25) is 5.02 Å². The van der Waals surface area contributed by atoms with Gasteiger partial charge in [-0.2, -0.15) is 0 Å². The molecule has 19 heavy (non-hydrogen) atoms. The Morgan fingerprint density at radius 1 is 1.37 bits per heavy atom. The van der Waals surface area contributed by atoms with Crippen molar-refractivity contribution < 1.29 is 4.79 Å². The van der Waals surface area contributed by atoms with Crippen LogP contribution in [0.1, 0.15) is 29.6 Å². The number of nitrogen functional groups attached to an aromatic ring is 1. The Balaban J connectivity index is 1.73. The average Bonchev–Trinajstić information content (AvgIpc) is 2.97. The molecule has 1 aromatic rings. The summed E-state index contributed by atoms with van der Waals surface area (Å²) in [6.07, 6.45) is 3.43. The maximum Gasteiger partial charge on any atom is 0.253 e. The van der Waals surface area contributed by atoms with Crippen LogP contribution in [0.4, 0.5) is 5.69 Å². The van der Waals surface area contributed by atoms with Crippen molar-refractivity contribution in [3.8, 4) is 0 Å². The summed E-state index contributed by atoms with van der Waals surface area (Å²) >= 11 is 5.92. The predicted molar refractivity (Wildman–Crippen MR) is 76.3 cm³/mol. The Bertz CT molecular complexity index is 505. The molecule has 0 radical (unpaired) electrons. The number of carbonyl (C=O) groups is 1. The lowest BCUT2D eigenvalue weighted by Gasteiger charge is -2.21. The second kappa shape index (κ2) is 5.02. The van der Waals surface area contributed by atoms with Crippen molar-refractivity contribution in [1.29, 1.82) is 0 Å². The van der Waals surface area contributed by atoms with E-state index in [9.17, 15) is 4.79 Å². The summed E-state index contributed by atoms with van der Waals surface area (Å²) in [6.45, 7) is 2.25. The van der Waals surface area contributed by atoms with Crippen LogP contribution in [-0.2, 0) is 0 Å². The lowest BCUT2D eigenvalue weighted by Crippen LogP contribution is -2.42. The topological polar surface area (TPSA) is 58.4 Å². The van der Waals surface area contributed by atoms with Gasteiger partial charge >= 0.3 is 0 Å². The first-order valence-electron chi connectivity index (χ1n) is 6.75. The van der Waals surface area contributed by atoms with E-state index in [0.717, 1.165) is 19.5 Å². The number of hydrogen-bond donors (Lipinski definition) is 2. The summed E-state index contributed by atoms with van der Waals surface area (Å²) in [7, 11) is 0. The molecule has 2 heterocycles. The van der Waals surface area contributed by atoms with E-state index < -0.39 is 0 Å². The van der Waals surface area contributed by atoms with Crippen LogP contribution in [-0.4, -0.2) is 36.0 Å². The van der Waals surface area contributed by atoms with Gasteiger partial charge < -0.3 is 11.1 Å². The predicted octanol–water partition coefficient (Wildman–Crippen LogP) is 1.89. The van der Waals surface area contributed by atoms with Gasteiger partial charge in [-0.25, -0.2) is 0 Å². The lowest BCUT2D eigenvalue weighted by atomic mass is 10.1. The summed E-state index contributed by atoms with van der Waals surface area (Å²) < 4.78 is 0. The number of carbonyl (C=O) groups excluding carboxylic acids is 1. The van der Waals surface area contributed by atoms with Crippen molar-refractivity contribution in [1.82, 2.24) is 10.2 Å². The van der Waals surface area contributed by atoms with E-state index in [4.69, 9.17) is 17.3 Å². The zero-order valence-corrected chi connectivity index (χ0v) is 11.5. The molecule has 3 N–H and O–H groups in total. The normalized spacial score (nSPS) is 26.4. The Hall–Kier alpha value is -1.26. The summed E-state index contributed by atoms with van der Waals surface area (Å²) in [4.78, 5) is 14.8. The third kappa shape index (κ3) is 2.42. The molecule has 2 fully saturated rings. The fourth-order valence-electron chi connectivity index (χ4n) is 3.22. The van der Waals surface area contributed by atoms with Gasteiger partial charge in [0, 0.05) is 29.3 Å². The molecule has 102 valence electrons. The Labute approximate surface area is 117 Å². The van der Waals surface area contributed by atoms with Crippen molar-refractivity contribution in [3.05, 3.63) is 28.8 Å². The highest BCUT2D eigenvalue weighted by molar-refractivity contribution is 6.31. The molecule has 3 rings (SSSR count). The number of nitrogens with two attached hydrogens (primary N) is 1. The number of benzene rings is 1. The highest BCUT2D eigenvalue weighted by Crippen LogP contribution is 2.28. The van der Waals surface area contributed by atoms with Gasteiger partial charge in [-0.1, -0.05) is 11.6 Å². The number of nitrogens with one attached hydrogen (secondary N) is 1. The molecule has 0 saturated carbocycles. The van der Waals surface area contributed by atoms with Crippen LogP contribution in [0, 0.1) is 0 Å². The van der Waals surface area contributed by atoms with E-state index >= 15 is 0 Å². The van der Waals surface area contributed by atoms with Gasteiger partial charge in [-0.05, 0) is 44.0 Å². The zero-order chi connectivity index (χ0) is 13.4. The van der Waals surface area contributed by atoms with Gasteiger partial charge in [0.1, 0.15) is 0 Å². The van der Waals surface area contributed by atoms with Gasteiger partial charge in [0.2, 0.25) is 0 Å². The Morgan fingerprint density at radius 3 is 3.05 bits per heavy atom. The van der Waals surface area contributed by atoms with Crippen LogP contribution in [0.25, 0.3) is 0 Å². The molecular weight excluding hydrogens is 262 g/mol. The molecule has 5 heteroatoms. The number of fused-ring (bicyclic) bond motifs is 1. The minimum absolute atomic E-state index is 0.112. The van der Waals surface area contributed by atoms with Crippen LogP contribution in [0.5, 0.6) is 0 Å². The summed E-state index contributed by atoms with van der Waals surface area (Å²) in [5.41, 5.74) is 6.79. The molecule has 2 aliphatic rings. The van der Waals surface area contributed by atoms with Crippen molar-refractivity contribution >= 4 is 23.2 Å². The lowest BCUT2D eigenvalue weighted by molar-refractivity contribution is 0.0930. The van der Waals surface area contributed by atoms with Gasteiger partial charge in [0.15, 0.2) is 0 Å². The molecule has 1 aromatic carbocycles. The highest BCUT2D eigenvalue weighted by Gasteiger charge is 2.37. The first kappa shape index (κ1) is 12.8. The average molecular weight is 280 g/mol. The van der Waals surface area contributed by atoms with Gasteiger partial charge in [0.05, 0.1) is 5.56 Å². The molecule has 2 atom stereocenters. The van der Waals surface area contributed by atoms with E-state index in [1.807, 2.05) is 0 Å². The first-order valence-corrected chi connectivity index (χ1v) is 7.13. The molecule has 0 spiro atoms. The van der Waals surface area contributed by atoms with Crippen LogP contribution in [0.3, 0.4) is 0 Å². The quantitative estimate of drug-likeness (QED) is 0.813. The van der Waals surface area contributed by atoms with E-state index in [-0.39, 0.29) is 11.9 Å².